The highest BCUT2D eigenvalue weighted by Gasteiger charge is 2.25. The monoisotopic (exact) mass is 310 g/mol. The maximum atomic E-state index is 11.1. The quantitative estimate of drug-likeness (QED) is 0.604. The van der Waals surface area contributed by atoms with Gasteiger partial charge in [-0.2, -0.15) is 0 Å². The van der Waals surface area contributed by atoms with Crippen molar-refractivity contribution < 1.29 is 22.7 Å². The largest absolute Gasteiger partial charge is 0.462 e. The van der Waals surface area contributed by atoms with Crippen LogP contribution in [0, 0.1) is 5.41 Å². The molecule has 0 saturated carbocycles. The van der Waals surface area contributed by atoms with E-state index in [1.54, 1.807) is 0 Å². The molecule has 0 aromatic carbocycles. The second kappa shape index (κ2) is 7.92. The van der Waals surface area contributed by atoms with Crippen LogP contribution in [-0.2, 0) is 24.3 Å². The number of hydrogen-bond acceptors (Lipinski definition) is 6. The minimum absolute atomic E-state index is 0.0388. The smallest absolute Gasteiger partial charge is 0.319 e. The molecule has 0 heterocycles. The molecule has 0 unspecified atom stereocenters. The van der Waals surface area contributed by atoms with Crippen LogP contribution in [0.1, 0.15) is 27.7 Å². The van der Waals surface area contributed by atoms with Crippen LogP contribution in [0.4, 0.5) is 0 Å². The number of ether oxygens (including phenoxy) is 2. The summed E-state index contributed by atoms with van der Waals surface area (Å²) < 4.78 is 35.3. The van der Waals surface area contributed by atoms with Gasteiger partial charge in [0.05, 0.1) is 18.9 Å². The highest BCUT2D eigenvalue weighted by molar-refractivity contribution is 7.88. The van der Waals surface area contributed by atoms with Crippen LogP contribution in [0.5, 0.6) is 0 Å². The molecule has 7 nitrogen and oxygen atoms in total. The molecule has 0 amide bonds. The molecule has 20 heavy (non-hydrogen) atoms. The topological polar surface area (TPSA) is 108 Å². The summed E-state index contributed by atoms with van der Waals surface area (Å²) in [5.41, 5.74) is 5.04. The lowest BCUT2D eigenvalue weighted by molar-refractivity contribution is -0.149. The number of hydrogen-bond donors (Lipinski definition) is 2. The first kappa shape index (κ1) is 19.3. The van der Waals surface area contributed by atoms with E-state index in [1.165, 1.54) is 0 Å². The fourth-order valence-corrected chi connectivity index (χ4v) is 1.62. The zero-order valence-electron chi connectivity index (χ0n) is 12.8. The van der Waals surface area contributed by atoms with Crippen LogP contribution >= 0.6 is 0 Å². The van der Waals surface area contributed by atoms with Crippen LogP contribution in [0.2, 0.25) is 0 Å². The number of sulfonamides is 1. The molecule has 0 saturated heterocycles. The Kier molecular flexibility index (Phi) is 7.64. The van der Waals surface area contributed by atoms with Gasteiger partial charge in [0.25, 0.3) is 0 Å². The maximum Gasteiger partial charge on any atom is 0.319 e. The van der Waals surface area contributed by atoms with E-state index in [2.05, 4.69) is 4.72 Å². The summed E-state index contributed by atoms with van der Waals surface area (Å²) in [6.07, 6.45) is 0.364. The standard InChI is InChI=1S/C12H26N2O5S/c1-9(12(2,3)4)19-10(7-14-20(5,16)17)8-18-11(15)6-13/h9-10,14H,6-8,13H2,1-5H3/t9-,10-/m0/s1. The Labute approximate surface area is 121 Å². The number of carbonyl (C=O) groups excluding carboxylic acids is 1. The summed E-state index contributed by atoms with van der Waals surface area (Å²) in [6, 6.07) is 0. The average molecular weight is 310 g/mol. The van der Waals surface area contributed by atoms with Crippen LogP contribution in [0.15, 0.2) is 0 Å². The van der Waals surface area contributed by atoms with Gasteiger partial charge in [-0.3, -0.25) is 4.79 Å². The van der Waals surface area contributed by atoms with Crippen molar-refractivity contribution >= 4 is 16.0 Å². The summed E-state index contributed by atoms with van der Waals surface area (Å²) in [7, 11) is -3.33. The fourth-order valence-electron chi connectivity index (χ4n) is 1.13. The molecule has 8 heteroatoms. The van der Waals surface area contributed by atoms with Crippen LogP contribution in [0.25, 0.3) is 0 Å². The van der Waals surface area contributed by atoms with Crippen molar-refractivity contribution in [1.82, 2.24) is 4.72 Å². The Morgan fingerprint density at radius 3 is 2.30 bits per heavy atom. The van der Waals surface area contributed by atoms with Gasteiger partial charge >= 0.3 is 5.97 Å². The first-order valence-electron chi connectivity index (χ1n) is 6.41. The molecular weight excluding hydrogens is 284 g/mol. The van der Waals surface area contributed by atoms with Crippen molar-refractivity contribution in [2.75, 3.05) is 26.0 Å². The zero-order chi connectivity index (χ0) is 16.0. The van der Waals surface area contributed by atoms with Gasteiger partial charge in [0.15, 0.2) is 0 Å². The predicted molar refractivity (Wildman–Crippen MR) is 76.6 cm³/mol. The van der Waals surface area contributed by atoms with Crippen LogP contribution < -0.4 is 10.5 Å². The van der Waals surface area contributed by atoms with E-state index in [0.717, 1.165) is 6.26 Å². The van der Waals surface area contributed by atoms with E-state index in [4.69, 9.17) is 15.2 Å². The number of rotatable bonds is 8. The molecule has 0 aliphatic carbocycles. The summed E-state index contributed by atoms with van der Waals surface area (Å²) in [6.45, 7) is 7.68. The number of esters is 1. The van der Waals surface area contributed by atoms with Crippen molar-refractivity contribution in [3.05, 3.63) is 0 Å². The van der Waals surface area contributed by atoms with E-state index in [1.807, 2.05) is 27.7 Å². The van der Waals surface area contributed by atoms with Gasteiger partial charge in [0, 0.05) is 6.54 Å². The van der Waals surface area contributed by atoms with Crippen LogP contribution in [-0.4, -0.2) is 52.5 Å². The molecule has 0 bridgehead atoms. The first-order valence-corrected chi connectivity index (χ1v) is 8.30. The minimum Gasteiger partial charge on any atom is -0.462 e. The maximum absolute atomic E-state index is 11.1. The predicted octanol–water partition coefficient (Wildman–Crippen LogP) is -0.143. The number of nitrogens with one attached hydrogen (secondary N) is 1. The first-order chi connectivity index (χ1) is 8.95. The zero-order valence-corrected chi connectivity index (χ0v) is 13.6. The Balaban J connectivity index is 4.57. The van der Waals surface area contributed by atoms with E-state index >= 15 is 0 Å². The molecule has 0 aromatic rings. The Hall–Kier alpha value is -0.700. The molecule has 2 atom stereocenters. The third-order valence-electron chi connectivity index (χ3n) is 2.79. The highest BCUT2D eigenvalue weighted by atomic mass is 32.2. The third-order valence-corrected chi connectivity index (χ3v) is 3.48. The van der Waals surface area contributed by atoms with Gasteiger partial charge < -0.3 is 15.2 Å². The third kappa shape index (κ3) is 9.24. The summed E-state index contributed by atoms with van der Waals surface area (Å²) >= 11 is 0. The van der Waals surface area contributed by atoms with E-state index in [0.29, 0.717) is 0 Å². The SMILES string of the molecule is C[C@H](O[C@@H](CNS(C)(=O)=O)COC(=O)CN)C(C)(C)C. The normalized spacial score (nSPS) is 15.7. The van der Waals surface area contributed by atoms with Crippen molar-refractivity contribution in [2.45, 2.75) is 39.9 Å². The van der Waals surface area contributed by atoms with Gasteiger partial charge in [-0.05, 0) is 12.3 Å². The molecule has 3 N–H and O–H groups in total. The molecular formula is C12H26N2O5S. The number of carbonyl (C=O) groups is 1. The van der Waals surface area contributed by atoms with E-state index in [9.17, 15) is 13.2 Å². The lowest BCUT2D eigenvalue weighted by atomic mass is 9.90. The molecule has 0 aliphatic rings. The molecule has 0 fully saturated rings. The average Bonchev–Trinajstić information content (AvgIpc) is 2.29. The summed E-state index contributed by atoms with van der Waals surface area (Å²) in [4.78, 5) is 11.1. The molecule has 0 rings (SSSR count). The minimum atomic E-state index is -3.33. The van der Waals surface area contributed by atoms with Crippen molar-refractivity contribution in [3.8, 4) is 0 Å². The van der Waals surface area contributed by atoms with Crippen LogP contribution in [0.3, 0.4) is 0 Å². The van der Waals surface area contributed by atoms with Gasteiger partial charge in [0.1, 0.15) is 12.7 Å². The molecule has 0 aliphatic heterocycles. The molecule has 120 valence electrons. The molecule has 0 spiro atoms. The van der Waals surface area contributed by atoms with Crippen molar-refractivity contribution in [3.63, 3.8) is 0 Å². The van der Waals surface area contributed by atoms with E-state index < -0.39 is 22.1 Å². The second-order valence-corrected chi connectivity index (χ2v) is 7.61. The van der Waals surface area contributed by atoms with Crippen molar-refractivity contribution in [1.29, 1.82) is 0 Å². The Morgan fingerprint density at radius 2 is 1.90 bits per heavy atom. The van der Waals surface area contributed by atoms with Crippen molar-refractivity contribution in [2.24, 2.45) is 11.1 Å². The number of nitrogens with two attached hydrogens (primary N) is 1. The lowest BCUT2D eigenvalue weighted by Crippen LogP contribution is -2.41. The Morgan fingerprint density at radius 1 is 1.35 bits per heavy atom. The van der Waals surface area contributed by atoms with Gasteiger partial charge in [-0.25, -0.2) is 13.1 Å². The summed E-state index contributed by atoms with van der Waals surface area (Å²) in [5.74, 6) is -0.554. The van der Waals surface area contributed by atoms with Gasteiger partial charge in [-0.1, -0.05) is 20.8 Å². The second-order valence-electron chi connectivity index (χ2n) is 5.77. The van der Waals surface area contributed by atoms with Gasteiger partial charge in [-0.15, -0.1) is 0 Å². The molecule has 0 radical (unpaired) electrons. The highest BCUT2D eigenvalue weighted by Crippen LogP contribution is 2.22. The molecule has 0 aromatic heterocycles. The Bertz CT molecular complexity index is 403. The van der Waals surface area contributed by atoms with E-state index in [-0.39, 0.29) is 31.2 Å². The summed E-state index contributed by atoms with van der Waals surface area (Å²) in [5, 5.41) is 0. The van der Waals surface area contributed by atoms with Gasteiger partial charge in [0.2, 0.25) is 10.0 Å². The fraction of sp³-hybridized carbons (Fsp3) is 0.917. The lowest BCUT2D eigenvalue weighted by Gasteiger charge is -2.31.